The summed E-state index contributed by atoms with van der Waals surface area (Å²) in [5.41, 5.74) is 5.22. The Morgan fingerprint density at radius 3 is 2.39 bits per heavy atom. The zero-order chi connectivity index (χ0) is 14.3. The summed E-state index contributed by atoms with van der Waals surface area (Å²) < 4.78 is 4.63. The molecule has 1 atom stereocenters. The molecule has 0 bridgehead atoms. The molecule has 0 aliphatic carbocycles. The molecule has 0 heterocycles. The van der Waals surface area contributed by atoms with Gasteiger partial charge in [-0.2, -0.15) is 0 Å². The number of amides is 1. The van der Waals surface area contributed by atoms with E-state index in [0.29, 0.717) is 6.42 Å². The highest BCUT2D eigenvalue weighted by Crippen LogP contribution is 2.06. The molecule has 104 valence electrons. The van der Waals surface area contributed by atoms with Crippen LogP contribution in [-0.2, 0) is 14.3 Å². The molecule has 0 aromatic carbocycles. The summed E-state index contributed by atoms with van der Waals surface area (Å²) in [5, 5.41) is 9.72. The smallest absolute Gasteiger partial charge is 0.328 e. The van der Waals surface area contributed by atoms with Gasteiger partial charge < -0.3 is 20.7 Å². The van der Waals surface area contributed by atoms with E-state index in [4.69, 9.17) is 11.1 Å². The number of methoxy groups -OCH3 is 1. The van der Waals surface area contributed by atoms with Crippen LogP contribution in [0.4, 0.5) is 0 Å². The van der Waals surface area contributed by atoms with Crippen molar-refractivity contribution in [2.75, 3.05) is 20.7 Å². The maximum absolute atomic E-state index is 11.7. The fourth-order valence-electron chi connectivity index (χ4n) is 1.37. The monoisotopic (exact) mass is 258 g/mol. The van der Waals surface area contributed by atoms with Gasteiger partial charge in [0.05, 0.1) is 13.7 Å². The fraction of sp³-hybridized carbons (Fsp3) is 0.727. The minimum atomic E-state index is -0.664. The third kappa shape index (κ3) is 6.07. The maximum Gasteiger partial charge on any atom is 0.328 e. The minimum absolute atomic E-state index is 0.0685. The molecule has 7 heteroatoms. The van der Waals surface area contributed by atoms with Crippen LogP contribution in [0, 0.1) is 11.3 Å². The molecule has 7 nitrogen and oxygen atoms in total. The Labute approximate surface area is 107 Å². The number of guanidine groups is 1. The maximum atomic E-state index is 11.7. The van der Waals surface area contributed by atoms with Crippen molar-refractivity contribution >= 4 is 17.8 Å². The Bertz CT molecular complexity index is 317. The van der Waals surface area contributed by atoms with Crippen molar-refractivity contribution in [3.63, 3.8) is 0 Å². The number of ether oxygens (including phenoxy) is 1. The predicted molar refractivity (Wildman–Crippen MR) is 67.9 cm³/mol. The summed E-state index contributed by atoms with van der Waals surface area (Å²) >= 11 is 0. The van der Waals surface area contributed by atoms with Gasteiger partial charge in [-0.3, -0.25) is 10.2 Å². The van der Waals surface area contributed by atoms with Crippen LogP contribution in [0.3, 0.4) is 0 Å². The van der Waals surface area contributed by atoms with Crippen LogP contribution in [-0.4, -0.2) is 49.5 Å². The van der Waals surface area contributed by atoms with E-state index in [1.807, 2.05) is 13.8 Å². The summed E-state index contributed by atoms with van der Waals surface area (Å²) in [4.78, 5) is 24.4. The molecule has 0 spiro atoms. The number of nitrogens with zero attached hydrogens (tertiary/aromatic N) is 1. The topological polar surface area (TPSA) is 109 Å². The van der Waals surface area contributed by atoms with Crippen molar-refractivity contribution < 1.29 is 14.3 Å². The first kappa shape index (κ1) is 16.2. The lowest BCUT2D eigenvalue weighted by Crippen LogP contribution is -2.47. The van der Waals surface area contributed by atoms with E-state index in [0.717, 1.165) is 0 Å². The molecule has 0 saturated heterocycles. The lowest BCUT2D eigenvalue weighted by Gasteiger charge is -2.21. The zero-order valence-corrected chi connectivity index (χ0v) is 11.3. The molecule has 0 rings (SSSR count). The van der Waals surface area contributed by atoms with Gasteiger partial charge in [0, 0.05) is 7.05 Å². The van der Waals surface area contributed by atoms with Gasteiger partial charge in [0.15, 0.2) is 5.96 Å². The average molecular weight is 258 g/mol. The van der Waals surface area contributed by atoms with Gasteiger partial charge >= 0.3 is 5.97 Å². The molecule has 0 aromatic heterocycles. The summed E-state index contributed by atoms with van der Waals surface area (Å²) in [7, 11) is 2.81. The van der Waals surface area contributed by atoms with E-state index in [9.17, 15) is 9.59 Å². The highest BCUT2D eigenvalue weighted by Gasteiger charge is 2.23. The SMILES string of the molecule is COC(=O)[C@H](CC(C)C)NC(=O)CN(C)C(=N)N. The molecule has 0 unspecified atom stereocenters. The van der Waals surface area contributed by atoms with E-state index in [1.165, 1.54) is 19.1 Å². The van der Waals surface area contributed by atoms with Crippen molar-refractivity contribution in [3.05, 3.63) is 0 Å². The second-order valence-electron chi connectivity index (χ2n) is 4.51. The van der Waals surface area contributed by atoms with Crippen molar-refractivity contribution in [2.24, 2.45) is 11.7 Å². The lowest BCUT2D eigenvalue weighted by molar-refractivity contribution is -0.145. The molecule has 0 radical (unpaired) electrons. The van der Waals surface area contributed by atoms with E-state index >= 15 is 0 Å². The number of nitrogens with one attached hydrogen (secondary N) is 2. The quantitative estimate of drug-likeness (QED) is 0.338. The second kappa shape index (κ2) is 7.52. The number of rotatable bonds is 6. The lowest BCUT2D eigenvalue weighted by atomic mass is 10.0. The Morgan fingerprint density at radius 2 is 2.00 bits per heavy atom. The number of nitrogens with two attached hydrogens (primary N) is 1. The summed E-state index contributed by atoms with van der Waals surface area (Å²) in [5.74, 6) is -0.796. The van der Waals surface area contributed by atoms with Crippen LogP contribution >= 0.6 is 0 Å². The number of hydrogen-bond acceptors (Lipinski definition) is 4. The molecule has 18 heavy (non-hydrogen) atoms. The van der Waals surface area contributed by atoms with Gasteiger partial charge in [0.25, 0.3) is 0 Å². The van der Waals surface area contributed by atoms with E-state index < -0.39 is 12.0 Å². The molecule has 0 aliphatic heterocycles. The highest BCUT2D eigenvalue weighted by molar-refractivity contribution is 5.87. The number of esters is 1. The molecule has 1 amide bonds. The van der Waals surface area contributed by atoms with Crippen LogP contribution < -0.4 is 11.1 Å². The first-order valence-electron chi connectivity index (χ1n) is 5.70. The Kier molecular flexibility index (Phi) is 6.77. The average Bonchev–Trinajstić information content (AvgIpc) is 2.26. The summed E-state index contributed by atoms with van der Waals surface area (Å²) in [6.07, 6.45) is 0.502. The second-order valence-corrected chi connectivity index (χ2v) is 4.51. The highest BCUT2D eigenvalue weighted by atomic mass is 16.5. The Balaban J connectivity index is 4.44. The molecule has 4 N–H and O–H groups in total. The largest absolute Gasteiger partial charge is 0.467 e. The van der Waals surface area contributed by atoms with Crippen molar-refractivity contribution in [3.8, 4) is 0 Å². The van der Waals surface area contributed by atoms with Gasteiger partial charge in [-0.25, -0.2) is 4.79 Å². The van der Waals surface area contributed by atoms with Crippen LogP contribution in [0.25, 0.3) is 0 Å². The predicted octanol–water partition coefficient (Wildman–Crippen LogP) is -0.484. The molecular formula is C11H22N4O3. The van der Waals surface area contributed by atoms with Crippen LogP contribution in [0.5, 0.6) is 0 Å². The van der Waals surface area contributed by atoms with Gasteiger partial charge in [0.2, 0.25) is 5.91 Å². The third-order valence-corrected chi connectivity index (χ3v) is 2.32. The number of carbonyl (C=O) groups is 2. The Morgan fingerprint density at radius 1 is 1.44 bits per heavy atom. The zero-order valence-electron chi connectivity index (χ0n) is 11.3. The first-order chi connectivity index (χ1) is 8.27. The van der Waals surface area contributed by atoms with Crippen LogP contribution in [0.1, 0.15) is 20.3 Å². The summed E-state index contributed by atoms with van der Waals surface area (Å²) in [6.45, 7) is 3.83. The number of hydrogen-bond donors (Lipinski definition) is 3. The van der Waals surface area contributed by atoms with Gasteiger partial charge in [0.1, 0.15) is 6.04 Å². The van der Waals surface area contributed by atoms with E-state index in [2.05, 4.69) is 10.1 Å². The number of likely N-dealkylation sites (N-methyl/N-ethyl adjacent to an activating group) is 1. The third-order valence-electron chi connectivity index (χ3n) is 2.32. The van der Waals surface area contributed by atoms with Crippen LogP contribution in [0.2, 0.25) is 0 Å². The van der Waals surface area contributed by atoms with Gasteiger partial charge in [-0.1, -0.05) is 13.8 Å². The van der Waals surface area contributed by atoms with Gasteiger partial charge in [-0.15, -0.1) is 0 Å². The Hall–Kier alpha value is -1.79. The molecular weight excluding hydrogens is 236 g/mol. The van der Waals surface area contributed by atoms with Crippen molar-refractivity contribution in [2.45, 2.75) is 26.3 Å². The minimum Gasteiger partial charge on any atom is -0.467 e. The van der Waals surface area contributed by atoms with Gasteiger partial charge in [-0.05, 0) is 12.3 Å². The standard InChI is InChI=1S/C11H22N4O3/c1-7(2)5-8(10(17)18-4)14-9(16)6-15(3)11(12)13/h7-8H,5-6H2,1-4H3,(H3,12,13)(H,14,16)/t8-/m0/s1. The van der Waals surface area contributed by atoms with Crippen LogP contribution in [0.15, 0.2) is 0 Å². The normalized spacial score (nSPS) is 11.8. The molecule has 0 fully saturated rings. The molecule has 0 aliphatic rings. The fourth-order valence-corrected chi connectivity index (χ4v) is 1.37. The molecule has 0 saturated carbocycles. The summed E-state index contributed by atoms with van der Waals surface area (Å²) in [6, 6.07) is -0.664. The van der Waals surface area contributed by atoms with E-state index in [1.54, 1.807) is 0 Å². The molecule has 0 aromatic rings. The van der Waals surface area contributed by atoms with E-state index in [-0.39, 0.29) is 24.3 Å². The van der Waals surface area contributed by atoms with Crippen molar-refractivity contribution in [1.29, 1.82) is 5.41 Å². The number of carbonyl (C=O) groups excluding carboxylic acids is 2. The first-order valence-corrected chi connectivity index (χ1v) is 5.70. The van der Waals surface area contributed by atoms with Crippen molar-refractivity contribution in [1.82, 2.24) is 10.2 Å².